The Morgan fingerprint density at radius 3 is 2.56 bits per heavy atom. The van der Waals surface area contributed by atoms with Crippen molar-refractivity contribution < 1.29 is 28.7 Å². The number of hydrogen-bond acceptors (Lipinski definition) is 10. The summed E-state index contributed by atoms with van der Waals surface area (Å²) in [6, 6.07) is 10.7. The fourth-order valence-corrected chi connectivity index (χ4v) is 8.49. The summed E-state index contributed by atoms with van der Waals surface area (Å²) >= 11 is 7.86. The average Bonchev–Trinajstić information content (AvgIpc) is 3.73. The summed E-state index contributed by atoms with van der Waals surface area (Å²) in [6.45, 7) is 9.96. The number of carbonyl (C=O) groups excluding carboxylic acids is 5. The molecule has 0 bridgehead atoms. The topological polar surface area (TPSA) is 165 Å². The van der Waals surface area contributed by atoms with Crippen LogP contribution in [0.4, 0.5) is 0 Å². The minimum absolute atomic E-state index is 0.0562. The number of nitrogens with one attached hydrogen (secondary N) is 2. The summed E-state index contributed by atoms with van der Waals surface area (Å²) in [7, 11) is 0. The second-order valence-corrected chi connectivity index (χ2v) is 15.5. The van der Waals surface area contributed by atoms with Gasteiger partial charge in [-0.25, -0.2) is 0 Å². The quantitative estimate of drug-likeness (QED) is 0.125. The minimum Gasteiger partial charge on any atom is -0.485 e. The molecule has 1 unspecified atom stereocenters. The normalized spacial score (nSPS) is 17.6. The van der Waals surface area contributed by atoms with Crippen molar-refractivity contribution in [1.29, 1.82) is 0 Å². The van der Waals surface area contributed by atoms with Gasteiger partial charge in [0.2, 0.25) is 11.8 Å². The molecule has 0 aliphatic carbocycles. The predicted octanol–water partition coefficient (Wildman–Crippen LogP) is 5.90. The number of ketones is 1. The Morgan fingerprint density at radius 1 is 1.02 bits per heavy atom. The predicted molar refractivity (Wildman–Crippen MR) is 207 cm³/mol. The molecule has 55 heavy (non-hydrogen) atoms. The lowest BCUT2D eigenvalue weighted by molar-refractivity contribution is -0.125. The number of halogens is 1. The molecule has 15 heteroatoms. The van der Waals surface area contributed by atoms with Crippen LogP contribution in [-0.4, -0.2) is 74.0 Å². The molecule has 0 radical (unpaired) electrons. The average molecular weight is 782 g/mol. The third-order valence-corrected chi connectivity index (χ3v) is 11.6. The van der Waals surface area contributed by atoms with Gasteiger partial charge in [-0.05, 0) is 76.3 Å². The smallest absolute Gasteiger partial charge is 0.266 e. The number of rotatable bonds is 13. The van der Waals surface area contributed by atoms with Crippen LogP contribution >= 0.6 is 22.9 Å². The van der Waals surface area contributed by atoms with Crippen LogP contribution < -0.4 is 15.4 Å². The van der Waals surface area contributed by atoms with E-state index in [1.807, 2.05) is 35.8 Å². The van der Waals surface area contributed by atoms with Gasteiger partial charge in [0.15, 0.2) is 11.6 Å². The number of piperidine rings is 1. The monoisotopic (exact) mass is 781 g/mol. The third kappa shape index (κ3) is 7.48. The molecule has 4 amide bonds. The number of allylic oxidation sites excluding steroid dienone is 1. The largest absolute Gasteiger partial charge is 0.485 e. The first-order valence-corrected chi connectivity index (χ1v) is 19.4. The van der Waals surface area contributed by atoms with Crippen molar-refractivity contribution in [3.8, 4) is 10.8 Å². The van der Waals surface area contributed by atoms with E-state index >= 15 is 0 Å². The Labute approximate surface area is 326 Å². The number of aryl methyl sites for hydroxylation is 2. The van der Waals surface area contributed by atoms with Crippen molar-refractivity contribution in [3.05, 3.63) is 104 Å². The summed E-state index contributed by atoms with van der Waals surface area (Å²) in [5.41, 5.74) is 4.53. The summed E-state index contributed by atoms with van der Waals surface area (Å²) in [5, 5.41) is 16.0. The van der Waals surface area contributed by atoms with Gasteiger partial charge in [0.25, 0.3) is 11.8 Å². The molecule has 2 N–H and O–H groups in total. The van der Waals surface area contributed by atoms with E-state index in [0.717, 1.165) is 43.0 Å². The maximum absolute atomic E-state index is 13.3. The van der Waals surface area contributed by atoms with Crippen molar-refractivity contribution in [2.45, 2.75) is 77.8 Å². The van der Waals surface area contributed by atoms with Crippen molar-refractivity contribution in [3.63, 3.8) is 0 Å². The van der Waals surface area contributed by atoms with Crippen LogP contribution in [0.5, 0.6) is 5.75 Å². The van der Waals surface area contributed by atoms with Gasteiger partial charge in [0, 0.05) is 39.7 Å². The van der Waals surface area contributed by atoms with Gasteiger partial charge in [-0.15, -0.1) is 21.5 Å². The van der Waals surface area contributed by atoms with Gasteiger partial charge in [0.05, 0.1) is 23.3 Å². The summed E-state index contributed by atoms with van der Waals surface area (Å²) < 4.78 is 7.76. The highest BCUT2D eigenvalue weighted by molar-refractivity contribution is 7.15. The van der Waals surface area contributed by atoms with E-state index in [4.69, 9.17) is 21.3 Å². The Kier molecular flexibility index (Phi) is 10.8. The van der Waals surface area contributed by atoms with Crippen molar-refractivity contribution in [2.24, 2.45) is 4.99 Å². The zero-order valence-electron chi connectivity index (χ0n) is 30.7. The molecule has 2 aromatic heterocycles. The van der Waals surface area contributed by atoms with Gasteiger partial charge >= 0.3 is 0 Å². The van der Waals surface area contributed by atoms with Crippen LogP contribution in [0.3, 0.4) is 0 Å². The summed E-state index contributed by atoms with van der Waals surface area (Å²) in [5.74, 6) is -0.526. The number of fused-ring (bicyclic) bond motifs is 4. The molecule has 3 aliphatic heterocycles. The molecule has 1 fully saturated rings. The lowest BCUT2D eigenvalue weighted by atomic mass is 9.99. The fraction of sp³-hybridized carbons (Fsp3) is 0.350. The number of hydrogen-bond donors (Lipinski definition) is 2. The maximum Gasteiger partial charge on any atom is 0.266 e. The Morgan fingerprint density at radius 2 is 1.80 bits per heavy atom. The number of nitrogens with zero attached hydrogens (tertiary/aromatic N) is 5. The first-order valence-electron chi connectivity index (χ1n) is 18.2. The van der Waals surface area contributed by atoms with Crippen molar-refractivity contribution >= 4 is 58.1 Å². The van der Waals surface area contributed by atoms with E-state index in [1.165, 1.54) is 12.1 Å². The van der Waals surface area contributed by atoms with Gasteiger partial charge in [-0.3, -0.25) is 38.4 Å². The molecule has 4 aromatic rings. The number of aromatic nitrogens is 3. The first-order chi connectivity index (χ1) is 26.4. The van der Waals surface area contributed by atoms with E-state index in [2.05, 4.69) is 41.3 Å². The van der Waals surface area contributed by atoms with E-state index in [9.17, 15) is 24.0 Å². The highest BCUT2D eigenvalue weighted by Crippen LogP contribution is 2.40. The maximum atomic E-state index is 13.3. The molecule has 1 saturated heterocycles. The zero-order valence-corrected chi connectivity index (χ0v) is 32.3. The summed E-state index contributed by atoms with van der Waals surface area (Å²) in [4.78, 5) is 72.3. The second-order valence-electron chi connectivity index (χ2n) is 13.9. The molecular formula is C40H40ClN7O6S. The number of thiophene rings is 1. The van der Waals surface area contributed by atoms with E-state index in [1.54, 1.807) is 17.4 Å². The Balaban J connectivity index is 0.906. The number of amides is 4. The highest BCUT2D eigenvalue weighted by atomic mass is 35.5. The number of unbranched alkanes of at least 4 members (excludes halogenated alkanes) is 2. The van der Waals surface area contributed by atoms with Crippen molar-refractivity contribution in [2.75, 3.05) is 13.2 Å². The Bertz CT molecular complexity index is 2280. The van der Waals surface area contributed by atoms with Crippen molar-refractivity contribution in [1.82, 2.24) is 30.3 Å². The van der Waals surface area contributed by atoms with Crippen LogP contribution in [0, 0.1) is 20.8 Å². The molecular weight excluding hydrogens is 742 g/mol. The molecule has 3 aliphatic rings. The summed E-state index contributed by atoms with van der Waals surface area (Å²) in [6.07, 6.45) is 3.01. The van der Waals surface area contributed by atoms with Crippen LogP contribution in [0.15, 0.2) is 59.7 Å². The SMILES string of the molecule is C=C1CCC(N2C(=O)c3cccc(OCC(=O)CCCCCNC(=O)C[C@H]4N=C(c5ccc(Cl)cc5)c5c(sc(C)c5C)-n5c(C)nnc54)c3C2=O)C(=O)N1. The van der Waals surface area contributed by atoms with E-state index < -0.39 is 29.8 Å². The number of imide groups is 1. The minimum atomic E-state index is -0.940. The second kappa shape index (κ2) is 15.7. The molecule has 13 nitrogen and oxygen atoms in total. The lowest BCUT2D eigenvalue weighted by Crippen LogP contribution is -2.51. The number of benzene rings is 2. The number of carbonyl (C=O) groups is 5. The molecule has 2 aromatic carbocycles. The van der Waals surface area contributed by atoms with Crippen LogP contribution in [0.2, 0.25) is 5.02 Å². The molecule has 2 atom stereocenters. The third-order valence-electron chi connectivity index (χ3n) is 10.1. The van der Waals surface area contributed by atoms with Crippen LogP contribution in [0.1, 0.15) is 105 Å². The van der Waals surface area contributed by atoms with E-state index in [-0.39, 0.29) is 54.4 Å². The molecule has 284 valence electrons. The fourth-order valence-electron chi connectivity index (χ4n) is 7.15. The molecule has 5 heterocycles. The van der Waals surface area contributed by atoms with Gasteiger partial charge in [-0.2, -0.15) is 0 Å². The molecule has 0 spiro atoms. The highest BCUT2D eigenvalue weighted by Gasteiger charge is 2.45. The standard InChI is InChI=1S/C40H40ClN7O6S/c1-21-12-17-30(37(51)43-21)48-38(52)28-10-8-11-31(34(28)39(48)53)54-20-27(49)9-6-5-7-18-42-32(50)19-29-36-46-45-24(4)47(36)40-33(22(2)23(3)55-40)35(44-29)25-13-15-26(41)16-14-25/h8,10-11,13-16,29-30H,1,5-7,9,12,17-20H2,2-4H3,(H,42,50)(H,43,51)/t29-,30?/m1/s1. The lowest BCUT2D eigenvalue weighted by Gasteiger charge is -2.29. The van der Waals surface area contributed by atoms with E-state index in [0.29, 0.717) is 48.8 Å². The first kappa shape index (κ1) is 37.8. The van der Waals surface area contributed by atoms with Gasteiger partial charge in [-0.1, -0.05) is 42.8 Å². The zero-order chi connectivity index (χ0) is 39.0. The van der Waals surface area contributed by atoms with Gasteiger partial charge < -0.3 is 15.4 Å². The number of ether oxygens (including phenoxy) is 1. The number of Topliss-reactive ketones (excluding diaryl/α,β-unsaturated/α-hetero) is 1. The Hall–Kier alpha value is -5.47. The molecule has 0 saturated carbocycles. The van der Waals surface area contributed by atoms with Gasteiger partial charge in [0.1, 0.15) is 35.3 Å². The number of aliphatic imine (C=N–C) groups is 1. The van der Waals surface area contributed by atoms with Crippen LogP contribution in [0.25, 0.3) is 5.00 Å². The van der Waals surface area contributed by atoms with Crippen LogP contribution in [-0.2, 0) is 14.4 Å². The molecule has 7 rings (SSSR count).